The van der Waals surface area contributed by atoms with E-state index in [0.717, 1.165) is 18.7 Å². The highest BCUT2D eigenvalue weighted by Gasteiger charge is 2.05. The zero-order valence-corrected chi connectivity index (χ0v) is 8.85. The molecule has 0 fully saturated rings. The van der Waals surface area contributed by atoms with Crippen molar-refractivity contribution in [2.45, 2.75) is 13.3 Å². The van der Waals surface area contributed by atoms with Gasteiger partial charge in [-0.1, -0.05) is 6.92 Å². The number of aliphatic hydroxyl groups is 1. The number of anilines is 1. The number of hydrogen-bond acceptors (Lipinski definition) is 4. The normalized spacial score (nSPS) is 9.67. The number of nitriles is 1. The first-order valence-corrected chi connectivity index (χ1v) is 5.03. The summed E-state index contributed by atoms with van der Waals surface area (Å²) < 4.78 is 0. The van der Waals surface area contributed by atoms with Crippen LogP contribution >= 0.6 is 0 Å². The van der Waals surface area contributed by atoms with E-state index in [2.05, 4.69) is 11.9 Å². The number of aliphatic hydroxyl groups excluding tert-OH is 1. The van der Waals surface area contributed by atoms with Crippen molar-refractivity contribution in [3.05, 3.63) is 24.0 Å². The Balaban J connectivity index is 2.85. The second-order valence-electron chi connectivity index (χ2n) is 3.22. The van der Waals surface area contributed by atoms with Crippen molar-refractivity contribution in [1.29, 1.82) is 5.26 Å². The highest BCUT2D eigenvalue weighted by atomic mass is 16.3. The van der Waals surface area contributed by atoms with Crippen LogP contribution in [0.25, 0.3) is 0 Å². The summed E-state index contributed by atoms with van der Waals surface area (Å²) in [5, 5.41) is 17.7. The highest BCUT2D eigenvalue weighted by Crippen LogP contribution is 2.14. The third-order valence-electron chi connectivity index (χ3n) is 2.09. The summed E-state index contributed by atoms with van der Waals surface area (Å²) in [4.78, 5) is 5.95. The molecule has 0 amide bonds. The van der Waals surface area contributed by atoms with E-state index in [0.29, 0.717) is 12.2 Å². The second kappa shape index (κ2) is 5.99. The standard InChI is InChI=1S/C11H15N3O/c1-2-5-14(6-7-15)11-3-4-13-10(8-11)9-12/h3-4,8,15H,2,5-7H2,1H3. The minimum atomic E-state index is 0.115. The lowest BCUT2D eigenvalue weighted by atomic mass is 10.3. The lowest BCUT2D eigenvalue weighted by Gasteiger charge is -2.23. The van der Waals surface area contributed by atoms with Crippen molar-refractivity contribution >= 4 is 5.69 Å². The Kier molecular flexibility index (Phi) is 4.58. The monoisotopic (exact) mass is 205 g/mol. The Morgan fingerprint density at radius 1 is 1.53 bits per heavy atom. The highest BCUT2D eigenvalue weighted by molar-refractivity contribution is 5.48. The van der Waals surface area contributed by atoms with Crippen LogP contribution in [0.1, 0.15) is 19.0 Å². The molecule has 0 spiro atoms. The molecule has 1 aromatic rings. The molecule has 0 saturated carbocycles. The predicted molar refractivity (Wildman–Crippen MR) is 58.5 cm³/mol. The van der Waals surface area contributed by atoms with E-state index in [4.69, 9.17) is 10.4 Å². The lowest BCUT2D eigenvalue weighted by molar-refractivity contribution is 0.302. The van der Waals surface area contributed by atoms with Crippen molar-refractivity contribution in [2.75, 3.05) is 24.6 Å². The molecule has 15 heavy (non-hydrogen) atoms. The molecule has 0 bridgehead atoms. The van der Waals surface area contributed by atoms with Crippen LogP contribution in [0.4, 0.5) is 5.69 Å². The molecule has 1 N–H and O–H groups in total. The van der Waals surface area contributed by atoms with Crippen molar-refractivity contribution in [3.8, 4) is 6.07 Å². The molecule has 0 aliphatic heterocycles. The smallest absolute Gasteiger partial charge is 0.142 e. The fourth-order valence-corrected chi connectivity index (χ4v) is 1.44. The molecular weight excluding hydrogens is 190 g/mol. The van der Waals surface area contributed by atoms with Crippen molar-refractivity contribution < 1.29 is 5.11 Å². The van der Waals surface area contributed by atoms with E-state index >= 15 is 0 Å². The predicted octanol–water partition coefficient (Wildman–Crippen LogP) is 1.16. The van der Waals surface area contributed by atoms with Gasteiger partial charge in [-0.15, -0.1) is 0 Å². The van der Waals surface area contributed by atoms with Gasteiger partial charge < -0.3 is 10.0 Å². The van der Waals surface area contributed by atoms with Gasteiger partial charge in [0.25, 0.3) is 0 Å². The van der Waals surface area contributed by atoms with Gasteiger partial charge in [0.1, 0.15) is 11.8 Å². The van der Waals surface area contributed by atoms with Gasteiger partial charge in [0.05, 0.1) is 6.61 Å². The maximum atomic E-state index is 8.93. The average Bonchev–Trinajstić information content (AvgIpc) is 2.29. The maximum absolute atomic E-state index is 8.93. The lowest BCUT2D eigenvalue weighted by Crippen LogP contribution is -2.27. The van der Waals surface area contributed by atoms with Gasteiger partial charge in [-0.25, -0.2) is 4.98 Å². The van der Waals surface area contributed by atoms with Gasteiger partial charge in [-0.2, -0.15) is 5.26 Å². The van der Waals surface area contributed by atoms with E-state index in [1.807, 2.05) is 17.0 Å². The van der Waals surface area contributed by atoms with E-state index in [-0.39, 0.29) is 6.61 Å². The Morgan fingerprint density at radius 2 is 2.33 bits per heavy atom. The summed E-state index contributed by atoms with van der Waals surface area (Å²) in [6.07, 6.45) is 2.62. The molecular formula is C11H15N3O. The summed E-state index contributed by atoms with van der Waals surface area (Å²) in [7, 11) is 0. The van der Waals surface area contributed by atoms with Gasteiger partial charge >= 0.3 is 0 Å². The van der Waals surface area contributed by atoms with Crippen molar-refractivity contribution in [1.82, 2.24) is 4.98 Å². The number of aromatic nitrogens is 1. The summed E-state index contributed by atoms with van der Waals surface area (Å²) in [5.74, 6) is 0. The van der Waals surface area contributed by atoms with Crippen molar-refractivity contribution in [2.24, 2.45) is 0 Å². The van der Waals surface area contributed by atoms with Crippen LogP contribution in [0.3, 0.4) is 0 Å². The molecule has 0 aliphatic carbocycles. The summed E-state index contributed by atoms with van der Waals surface area (Å²) >= 11 is 0. The summed E-state index contributed by atoms with van der Waals surface area (Å²) in [6.45, 7) is 3.65. The molecule has 0 unspecified atom stereocenters. The fourth-order valence-electron chi connectivity index (χ4n) is 1.44. The molecule has 0 radical (unpaired) electrons. The Labute approximate surface area is 89.8 Å². The molecule has 1 rings (SSSR count). The fraction of sp³-hybridized carbons (Fsp3) is 0.455. The zero-order chi connectivity index (χ0) is 11.1. The molecule has 4 heteroatoms. The Bertz CT molecular complexity index is 340. The molecule has 1 aromatic heterocycles. The largest absolute Gasteiger partial charge is 0.395 e. The topological polar surface area (TPSA) is 60.1 Å². The van der Waals surface area contributed by atoms with Crippen LogP contribution in [0.15, 0.2) is 18.3 Å². The zero-order valence-electron chi connectivity index (χ0n) is 8.85. The van der Waals surface area contributed by atoms with Crippen LogP contribution in [0.5, 0.6) is 0 Å². The number of nitrogens with zero attached hydrogens (tertiary/aromatic N) is 3. The minimum Gasteiger partial charge on any atom is -0.395 e. The van der Waals surface area contributed by atoms with Crippen LogP contribution in [0.2, 0.25) is 0 Å². The quantitative estimate of drug-likeness (QED) is 0.783. The first-order valence-electron chi connectivity index (χ1n) is 5.03. The Hall–Kier alpha value is -1.60. The second-order valence-corrected chi connectivity index (χ2v) is 3.22. The first kappa shape index (κ1) is 11.5. The first-order chi connectivity index (χ1) is 7.31. The van der Waals surface area contributed by atoms with E-state index in [9.17, 15) is 0 Å². The molecule has 0 aromatic carbocycles. The van der Waals surface area contributed by atoms with Crippen LogP contribution in [0, 0.1) is 11.3 Å². The Morgan fingerprint density at radius 3 is 2.93 bits per heavy atom. The van der Waals surface area contributed by atoms with E-state index in [1.165, 1.54) is 0 Å². The van der Waals surface area contributed by atoms with Gasteiger partial charge in [-0.3, -0.25) is 0 Å². The minimum absolute atomic E-state index is 0.115. The molecule has 1 heterocycles. The van der Waals surface area contributed by atoms with Gasteiger partial charge in [-0.05, 0) is 18.6 Å². The third kappa shape index (κ3) is 3.22. The maximum Gasteiger partial charge on any atom is 0.142 e. The van der Waals surface area contributed by atoms with E-state index in [1.54, 1.807) is 12.3 Å². The van der Waals surface area contributed by atoms with Crippen molar-refractivity contribution in [3.63, 3.8) is 0 Å². The molecule has 0 atom stereocenters. The van der Waals surface area contributed by atoms with Gasteiger partial charge in [0.2, 0.25) is 0 Å². The molecule has 0 saturated heterocycles. The molecule has 0 aliphatic rings. The number of rotatable bonds is 5. The third-order valence-corrected chi connectivity index (χ3v) is 2.09. The number of pyridine rings is 1. The van der Waals surface area contributed by atoms with Crippen LogP contribution in [-0.2, 0) is 0 Å². The number of hydrogen-bond donors (Lipinski definition) is 1. The molecule has 80 valence electrons. The summed E-state index contributed by atoms with van der Waals surface area (Å²) in [5.41, 5.74) is 1.35. The van der Waals surface area contributed by atoms with Gasteiger partial charge in [0, 0.05) is 25.0 Å². The van der Waals surface area contributed by atoms with Crippen LogP contribution in [-0.4, -0.2) is 29.8 Å². The molecule has 4 nitrogen and oxygen atoms in total. The SMILES string of the molecule is CCCN(CCO)c1ccnc(C#N)c1. The van der Waals surface area contributed by atoms with E-state index < -0.39 is 0 Å². The van der Waals surface area contributed by atoms with Crippen LogP contribution < -0.4 is 4.90 Å². The van der Waals surface area contributed by atoms with Gasteiger partial charge in [0.15, 0.2) is 0 Å². The summed E-state index contributed by atoms with van der Waals surface area (Å²) in [6, 6.07) is 5.60. The average molecular weight is 205 g/mol.